The molecule has 1 heterocycles. The van der Waals surface area contributed by atoms with Gasteiger partial charge in [-0.25, -0.2) is 0 Å². The summed E-state index contributed by atoms with van der Waals surface area (Å²) in [6.45, 7) is 0. The Morgan fingerprint density at radius 3 is 2.82 bits per heavy atom. The minimum absolute atomic E-state index is 0.587. The SMILES string of the molecule is Nc1cc(Br)ccc1S(=O)CCc1cccs1. The Labute approximate surface area is 115 Å². The predicted octanol–water partition coefficient (Wildman–Crippen LogP) is 3.44. The third-order valence-electron chi connectivity index (χ3n) is 2.33. The van der Waals surface area contributed by atoms with E-state index in [1.54, 1.807) is 17.4 Å². The molecule has 1 unspecified atom stereocenters. The van der Waals surface area contributed by atoms with E-state index >= 15 is 0 Å². The van der Waals surface area contributed by atoms with Gasteiger partial charge in [0.25, 0.3) is 0 Å². The fourth-order valence-electron chi connectivity index (χ4n) is 1.48. The highest BCUT2D eigenvalue weighted by Gasteiger charge is 2.08. The Kier molecular flexibility index (Phi) is 4.36. The van der Waals surface area contributed by atoms with Crippen LogP contribution in [0.2, 0.25) is 0 Å². The van der Waals surface area contributed by atoms with Crippen molar-refractivity contribution in [1.29, 1.82) is 0 Å². The minimum atomic E-state index is -1.03. The quantitative estimate of drug-likeness (QED) is 0.873. The van der Waals surface area contributed by atoms with Crippen molar-refractivity contribution < 1.29 is 4.21 Å². The van der Waals surface area contributed by atoms with E-state index in [1.165, 1.54) is 4.88 Å². The maximum Gasteiger partial charge on any atom is 0.0618 e. The molecule has 0 aliphatic rings. The first-order valence-electron chi connectivity index (χ1n) is 5.12. The summed E-state index contributed by atoms with van der Waals surface area (Å²) in [6.07, 6.45) is 0.833. The molecule has 2 N–H and O–H groups in total. The molecule has 0 radical (unpaired) electrons. The molecule has 90 valence electrons. The molecule has 0 saturated carbocycles. The summed E-state index contributed by atoms with van der Waals surface area (Å²) < 4.78 is 13.0. The lowest BCUT2D eigenvalue weighted by Crippen LogP contribution is -2.03. The third kappa shape index (κ3) is 3.40. The molecule has 0 bridgehead atoms. The molecular weight excluding hydrogens is 318 g/mol. The second-order valence-electron chi connectivity index (χ2n) is 3.56. The molecule has 1 aromatic heterocycles. The van der Waals surface area contributed by atoms with Crippen molar-refractivity contribution in [1.82, 2.24) is 0 Å². The molecule has 1 aromatic carbocycles. The van der Waals surface area contributed by atoms with Crippen LogP contribution >= 0.6 is 27.3 Å². The second kappa shape index (κ2) is 5.80. The largest absolute Gasteiger partial charge is 0.398 e. The predicted molar refractivity (Wildman–Crippen MR) is 77.9 cm³/mol. The molecule has 2 nitrogen and oxygen atoms in total. The van der Waals surface area contributed by atoms with Gasteiger partial charge >= 0.3 is 0 Å². The van der Waals surface area contributed by atoms with Gasteiger partial charge in [0, 0.05) is 20.8 Å². The lowest BCUT2D eigenvalue weighted by Gasteiger charge is -2.05. The summed E-state index contributed by atoms with van der Waals surface area (Å²) in [4.78, 5) is 1.98. The fourth-order valence-corrected chi connectivity index (χ4v) is 3.87. The van der Waals surface area contributed by atoms with E-state index in [1.807, 2.05) is 23.6 Å². The standard InChI is InChI=1S/C12H12BrNOS2/c13-9-3-4-12(11(14)8-9)17(15)7-5-10-2-1-6-16-10/h1-4,6,8H,5,7,14H2. The Hall–Kier alpha value is -0.650. The molecule has 0 spiro atoms. The smallest absolute Gasteiger partial charge is 0.0618 e. The van der Waals surface area contributed by atoms with Crippen molar-refractivity contribution in [2.24, 2.45) is 0 Å². The molecule has 1 atom stereocenters. The summed E-state index contributed by atoms with van der Waals surface area (Å²) >= 11 is 5.03. The van der Waals surface area contributed by atoms with Crippen LogP contribution in [0, 0.1) is 0 Å². The van der Waals surface area contributed by atoms with Gasteiger partial charge in [-0.05, 0) is 36.1 Å². The lowest BCUT2D eigenvalue weighted by atomic mass is 10.3. The molecule has 17 heavy (non-hydrogen) atoms. The number of hydrogen-bond acceptors (Lipinski definition) is 3. The highest BCUT2D eigenvalue weighted by molar-refractivity contribution is 9.10. The zero-order valence-electron chi connectivity index (χ0n) is 9.06. The van der Waals surface area contributed by atoms with Gasteiger partial charge in [0.2, 0.25) is 0 Å². The minimum Gasteiger partial charge on any atom is -0.398 e. The fraction of sp³-hybridized carbons (Fsp3) is 0.167. The van der Waals surface area contributed by atoms with Crippen molar-refractivity contribution in [3.8, 4) is 0 Å². The van der Waals surface area contributed by atoms with Crippen molar-refractivity contribution in [2.75, 3.05) is 11.5 Å². The molecular formula is C12H12BrNOS2. The number of aryl methyl sites for hydroxylation is 1. The van der Waals surface area contributed by atoms with E-state index in [0.29, 0.717) is 11.4 Å². The number of hydrogen-bond donors (Lipinski definition) is 1. The Morgan fingerprint density at radius 1 is 1.35 bits per heavy atom. The average molecular weight is 330 g/mol. The van der Waals surface area contributed by atoms with Crippen LogP contribution in [-0.2, 0) is 17.2 Å². The number of rotatable bonds is 4. The van der Waals surface area contributed by atoms with E-state index in [0.717, 1.165) is 15.8 Å². The van der Waals surface area contributed by atoms with E-state index in [4.69, 9.17) is 5.73 Å². The molecule has 0 fully saturated rings. The van der Waals surface area contributed by atoms with E-state index < -0.39 is 10.8 Å². The summed E-state index contributed by atoms with van der Waals surface area (Å²) in [5.74, 6) is 0.617. The Bertz CT molecular complexity index is 525. The van der Waals surface area contributed by atoms with Crippen LogP contribution in [0.3, 0.4) is 0 Å². The zero-order valence-corrected chi connectivity index (χ0v) is 12.3. The van der Waals surface area contributed by atoms with Crippen LogP contribution in [0.4, 0.5) is 5.69 Å². The summed E-state index contributed by atoms with van der Waals surface area (Å²) in [7, 11) is -1.03. The molecule has 2 rings (SSSR count). The van der Waals surface area contributed by atoms with E-state index in [2.05, 4.69) is 22.0 Å². The van der Waals surface area contributed by atoms with Gasteiger partial charge in [0.1, 0.15) is 0 Å². The van der Waals surface area contributed by atoms with Crippen LogP contribution in [-0.4, -0.2) is 9.96 Å². The molecule has 0 saturated heterocycles. The first-order valence-corrected chi connectivity index (χ1v) is 8.12. The lowest BCUT2D eigenvalue weighted by molar-refractivity contribution is 0.682. The van der Waals surface area contributed by atoms with Crippen molar-refractivity contribution in [3.63, 3.8) is 0 Å². The van der Waals surface area contributed by atoms with Crippen LogP contribution in [0.25, 0.3) is 0 Å². The number of anilines is 1. The molecule has 0 aliphatic carbocycles. The van der Waals surface area contributed by atoms with E-state index in [9.17, 15) is 4.21 Å². The summed E-state index contributed by atoms with van der Waals surface area (Å²) in [6, 6.07) is 9.56. The summed E-state index contributed by atoms with van der Waals surface area (Å²) in [5, 5.41) is 2.03. The van der Waals surface area contributed by atoms with Crippen LogP contribution in [0.5, 0.6) is 0 Å². The normalized spacial score (nSPS) is 12.5. The monoisotopic (exact) mass is 329 g/mol. The second-order valence-corrected chi connectivity index (χ2v) is 7.05. The maximum absolute atomic E-state index is 12.1. The van der Waals surface area contributed by atoms with Gasteiger partial charge in [0.15, 0.2) is 0 Å². The van der Waals surface area contributed by atoms with Gasteiger partial charge in [-0.1, -0.05) is 22.0 Å². The van der Waals surface area contributed by atoms with E-state index in [-0.39, 0.29) is 0 Å². The number of nitrogens with two attached hydrogens (primary N) is 1. The number of halogens is 1. The number of thiophene rings is 1. The topological polar surface area (TPSA) is 43.1 Å². The van der Waals surface area contributed by atoms with Gasteiger partial charge in [-0.3, -0.25) is 4.21 Å². The van der Waals surface area contributed by atoms with Crippen LogP contribution in [0.15, 0.2) is 45.1 Å². The van der Waals surface area contributed by atoms with Gasteiger partial charge < -0.3 is 5.73 Å². The molecule has 0 aliphatic heterocycles. The molecule has 0 amide bonds. The summed E-state index contributed by atoms with van der Waals surface area (Å²) in [5.41, 5.74) is 6.44. The van der Waals surface area contributed by atoms with Crippen molar-refractivity contribution in [2.45, 2.75) is 11.3 Å². The number of benzene rings is 1. The highest BCUT2D eigenvalue weighted by atomic mass is 79.9. The molecule has 2 aromatic rings. The van der Waals surface area contributed by atoms with Crippen molar-refractivity contribution in [3.05, 3.63) is 45.1 Å². The zero-order chi connectivity index (χ0) is 12.3. The average Bonchev–Trinajstić information content (AvgIpc) is 2.78. The van der Waals surface area contributed by atoms with Gasteiger partial charge in [-0.15, -0.1) is 11.3 Å². The van der Waals surface area contributed by atoms with Crippen molar-refractivity contribution >= 4 is 43.8 Å². The molecule has 5 heteroatoms. The van der Waals surface area contributed by atoms with Crippen LogP contribution in [0.1, 0.15) is 4.88 Å². The first-order chi connectivity index (χ1) is 8.16. The highest BCUT2D eigenvalue weighted by Crippen LogP contribution is 2.22. The van der Waals surface area contributed by atoms with Gasteiger partial charge in [-0.2, -0.15) is 0 Å². The third-order valence-corrected chi connectivity index (χ3v) is 5.20. The maximum atomic E-state index is 12.1. The Morgan fingerprint density at radius 2 is 2.18 bits per heavy atom. The first kappa shape index (κ1) is 12.8. The number of nitrogen functional groups attached to an aromatic ring is 1. The van der Waals surface area contributed by atoms with Crippen LogP contribution < -0.4 is 5.73 Å². The Balaban J connectivity index is 2.04. The van der Waals surface area contributed by atoms with Gasteiger partial charge in [0.05, 0.1) is 15.7 Å².